The van der Waals surface area contributed by atoms with Crippen molar-refractivity contribution in [3.8, 4) is 0 Å². The summed E-state index contributed by atoms with van der Waals surface area (Å²) in [4.78, 5) is 25.7. The van der Waals surface area contributed by atoms with E-state index in [1.165, 1.54) is 12.1 Å². The Hall–Kier alpha value is -3.43. The average Bonchev–Trinajstić information content (AvgIpc) is 2.99. The Labute approximate surface area is 192 Å². The second-order valence-corrected chi connectivity index (χ2v) is 10.3. The third kappa shape index (κ3) is 4.29. The highest BCUT2D eigenvalue weighted by molar-refractivity contribution is 7.92. The molecule has 33 heavy (non-hydrogen) atoms. The van der Waals surface area contributed by atoms with Gasteiger partial charge in [0.25, 0.3) is 15.9 Å². The van der Waals surface area contributed by atoms with Crippen molar-refractivity contribution in [3.63, 3.8) is 0 Å². The standard InChI is InChI=1S/C24H25N3O5S/c1-24(2)22(29)26(23(30)25-24)15-18(28)16-27(33(31,32)19-11-4-3-5-12-19)21-14-8-10-17-9-6-7-13-20(17)21/h3-14,18,28H,15-16H2,1-2H3,(H,25,30). The molecule has 0 spiro atoms. The number of sulfonamides is 1. The minimum absolute atomic E-state index is 0.0706. The van der Waals surface area contributed by atoms with E-state index in [0.717, 1.165) is 14.6 Å². The van der Waals surface area contributed by atoms with Crippen LogP contribution >= 0.6 is 0 Å². The van der Waals surface area contributed by atoms with Gasteiger partial charge in [0.1, 0.15) is 5.54 Å². The lowest BCUT2D eigenvalue weighted by atomic mass is 10.1. The first-order chi connectivity index (χ1) is 15.6. The molecule has 0 saturated carbocycles. The smallest absolute Gasteiger partial charge is 0.325 e. The Morgan fingerprint density at radius 3 is 2.27 bits per heavy atom. The summed E-state index contributed by atoms with van der Waals surface area (Å²) in [5.41, 5.74) is -0.684. The van der Waals surface area contributed by atoms with Gasteiger partial charge in [-0.05, 0) is 37.4 Å². The van der Waals surface area contributed by atoms with Crippen LogP contribution in [-0.4, -0.2) is 55.1 Å². The Morgan fingerprint density at radius 1 is 0.970 bits per heavy atom. The molecule has 0 aromatic heterocycles. The number of aliphatic hydroxyl groups excluding tert-OH is 1. The molecular weight excluding hydrogens is 442 g/mol. The number of anilines is 1. The molecule has 8 nitrogen and oxygen atoms in total. The number of fused-ring (bicyclic) bond motifs is 1. The van der Waals surface area contributed by atoms with Crippen molar-refractivity contribution in [1.29, 1.82) is 0 Å². The van der Waals surface area contributed by atoms with Crippen LogP contribution in [0.2, 0.25) is 0 Å². The number of urea groups is 1. The predicted octanol–water partition coefficient (Wildman–Crippen LogP) is 2.73. The maximum absolute atomic E-state index is 13.6. The molecule has 1 fully saturated rings. The highest BCUT2D eigenvalue weighted by Crippen LogP contribution is 2.31. The Bertz CT molecular complexity index is 1300. The van der Waals surface area contributed by atoms with Crippen LogP contribution in [0, 0.1) is 0 Å². The fraction of sp³-hybridized carbons (Fsp3) is 0.250. The molecule has 9 heteroatoms. The topological polar surface area (TPSA) is 107 Å². The summed E-state index contributed by atoms with van der Waals surface area (Å²) in [7, 11) is -4.05. The molecule has 1 atom stereocenters. The lowest BCUT2D eigenvalue weighted by Crippen LogP contribution is -2.45. The van der Waals surface area contributed by atoms with Crippen molar-refractivity contribution in [2.24, 2.45) is 0 Å². The van der Waals surface area contributed by atoms with Crippen molar-refractivity contribution in [2.75, 3.05) is 17.4 Å². The van der Waals surface area contributed by atoms with E-state index in [1.807, 2.05) is 30.3 Å². The van der Waals surface area contributed by atoms with Gasteiger partial charge in [0, 0.05) is 5.39 Å². The number of carbonyl (C=O) groups is 2. The van der Waals surface area contributed by atoms with Gasteiger partial charge in [-0.1, -0.05) is 54.6 Å². The molecule has 0 bridgehead atoms. The highest BCUT2D eigenvalue weighted by atomic mass is 32.2. The van der Waals surface area contributed by atoms with E-state index < -0.39 is 33.6 Å². The normalized spacial score (nSPS) is 16.6. The largest absolute Gasteiger partial charge is 0.389 e. The monoisotopic (exact) mass is 467 g/mol. The summed E-state index contributed by atoms with van der Waals surface area (Å²) >= 11 is 0. The number of rotatable bonds is 7. The number of β-amino-alcohol motifs (C(OH)–C–C–N with tert-alkyl or cyclic N) is 1. The molecule has 172 valence electrons. The number of hydrogen-bond acceptors (Lipinski definition) is 5. The SMILES string of the molecule is CC1(C)NC(=O)N(CC(O)CN(c2cccc3ccccc23)S(=O)(=O)c2ccccc2)C1=O. The van der Waals surface area contributed by atoms with Gasteiger partial charge in [-0.2, -0.15) is 0 Å². The molecule has 3 amide bonds. The predicted molar refractivity (Wildman–Crippen MR) is 125 cm³/mol. The summed E-state index contributed by atoms with van der Waals surface area (Å²) in [5.74, 6) is -0.478. The van der Waals surface area contributed by atoms with Gasteiger partial charge in [-0.15, -0.1) is 0 Å². The number of benzene rings is 3. The third-order valence-electron chi connectivity index (χ3n) is 5.58. The van der Waals surface area contributed by atoms with Gasteiger partial charge < -0.3 is 10.4 Å². The summed E-state index contributed by atoms with van der Waals surface area (Å²) in [6, 6.07) is 20.0. The minimum Gasteiger partial charge on any atom is -0.389 e. The Morgan fingerprint density at radius 2 is 1.61 bits per heavy atom. The molecule has 1 saturated heterocycles. The molecule has 4 rings (SSSR count). The van der Waals surface area contributed by atoms with Crippen LogP contribution in [-0.2, 0) is 14.8 Å². The summed E-state index contributed by atoms with van der Waals surface area (Å²) in [5, 5.41) is 14.9. The molecule has 0 aliphatic carbocycles. The fourth-order valence-electron chi connectivity index (χ4n) is 3.92. The van der Waals surface area contributed by atoms with Gasteiger partial charge in [0.2, 0.25) is 0 Å². The quantitative estimate of drug-likeness (QED) is 0.520. The minimum atomic E-state index is -4.05. The third-order valence-corrected chi connectivity index (χ3v) is 7.37. The maximum Gasteiger partial charge on any atom is 0.325 e. The van der Waals surface area contributed by atoms with Crippen molar-refractivity contribution in [3.05, 3.63) is 72.8 Å². The van der Waals surface area contributed by atoms with Gasteiger partial charge in [0.15, 0.2) is 0 Å². The zero-order valence-electron chi connectivity index (χ0n) is 18.3. The first-order valence-electron chi connectivity index (χ1n) is 10.5. The van der Waals surface area contributed by atoms with E-state index in [-0.39, 0.29) is 18.0 Å². The number of hydrogen-bond donors (Lipinski definition) is 2. The van der Waals surface area contributed by atoms with E-state index in [0.29, 0.717) is 11.1 Å². The van der Waals surface area contributed by atoms with Crippen molar-refractivity contribution in [1.82, 2.24) is 10.2 Å². The van der Waals surface area contributed by atoms with Gasteiger partial charge >= 0.3 is 6.03 Å². The Balaban J connectivity index is 1.72. The van der Waals surface area contributed by atoms with E-state index in [1.54, 1.807) is 44.2 Å². The molecule has 1 heterocycles. The number of nitrogens with one attached hydrogen (secondary N) is 1. The van der Waals surface area contributed by atoms with Crippen LogP contribution in [0.1, 0.15) is 13.8 Å². The molecule has 1 aliphatic heterocycles. The van der Waals surface area contributed by atoms with Crippen molar-refractivity contribution in [2.45, 2.75) is 30.4 Å². The number of imide groups is 1. The van der Waals surface area contributed by atoms with Crippen LogP contribution in [0.15, 0.2) is 77.7 Å². The number of amides is 3. The summed E-state index contributed by atoms with van der Waals surface area (Å²) in [6.07, 6.45) is -1.31. The molecule has 2 N–H and O–H groups in total. The van der Waals surface area contributed by atoms with Crippen LogP contribution in [0.3, 0.4) is 0 Å². The van der Waals surface area contributed by atoms with Crippen LogP contribution in [0.25, 0.3) is 10.8 Å². The Kier molecular flexibility index (Phi) is 5.85. The lowest BCUT2D eigenvalue weighted by molar-refractivity contribution is -0.131. The number of aliphatic hydroxyl groups is 1. The van der Waals surface area contributed by atoms with Crippen molar-refractivity contribution < 1.29 is 23.1 Å². The fourth-order valence-corrected chi connectivity index (χ4v) is 5.46. The number of nitrogens with zero attached hydrogens (tertiary/aromatic N) is 2. The average molecular weight is 468 g/mol. The molecular formula is C24H25N3O5S. The van der Waals surface area contributed by atoms with Crippen LogP contribution in [0.5, 0.6) is 0 Å². The molecule has 3 aromatic carbocycles. The highest BCUT2D eigenvalue weighted by Gasteiger charge is 2.45. The lowest BCUT2D eigenvalue weighted by Gasteiger charge is -2.29. The van der Waals surface area contributed by atoms with Crippen LogP contribution < -0.4 is 9.62 Å². The van der Waals surface area contributed by atoms with E-state index in [2.05, 4.69) is 5.32 Å². The van der Waals surface area contributed by atoms with E-state index >= 15 is 0 Å². The molecule has 0 radical (unpaired) electrons. The van der Waals surface area contributed by atoms with Gasteiger partial charge in [0.05, 0.1) is 29.8 Å². The van der Waals surface area contributed by atoms with Gasteiger partial charge in [-0.3, -0.25) is 14.0 Å². The number of carbonyl (C=O) groups excluding carboxylic acids is 2. The van der Waals surface area contributed by atoms with Crippen LogP contribution in [0.4, 0.5) is 10.5 Å². The zero-order valence-corrected chi connectivity index (χ0v) is 19.1. The molecule has 1 unspecified atom stereocenters. The first-order valence-corrected chi connectivity index (χ1v) is 11.9. The van der Waals surface area contributed by atoms with Crippen molar-refractivity contribution >= 4 is 38.4 Å². The zero-order chi connectivity index (χ0) is 23.8. The second kappa shape index (κ2) is 8.49. The van der Waals surface area contributed by atoms with E-state index in [4.69, 9.17) is 0 Å². The maximum atomic E-state index is 13.6. The molecule has 1 aliphatic rings. The summed E-state index contributed by atoms with van der Waals surface area (Å²) < 4.78 is 28.4. The first kappa shape index (κ1) is 22.8. The molecule has 3 aromatic rings. The van der Waals surface area contributed by atoms with E-state index in [9.17, 15) is 23.1 Å². The van der Waals surface area contributed by atoms with Gasteiger partial charge in [-0.25, -0.2) is 13.2 Å². The second-order valence-electron chi connectivity index (χ2n) is 8.47. The summed E-state index contributed by atoms with van der Waals surface area (Å²) in [6.45, 7) is 2.46.